The van der Waals surface area contributed by atoms with Crippen LogP contribution in [0.2, 0.25) is 0 Å². The van der Waals surface area contributed by atoms with E-state index in [0.717, 1.165) is 16.7 Å². The first-order valence-corrected chi connectivity index (χ1v) is 4.46. The molecule has 0 atom stereocenters. The van der Waals surface area contributed by atoms with E-state index in [1.165, 1.54) is 6.21 Å². The molecule has 2 heteroatoms. The van der Waals surface area contributed by atoms with Crippen LogP contribution < -0.4 is 5.73 Å². The molecule has 0 aliphatic heterocycles. The van der Waals surface area contributed by atoms with Crippen LogP contribution >= 0.6 is 0 Å². The molecule has 0 aromatic heterocycles. The summed E-state index contributed by atoms with van der Waals surface area (Å²) < 4.78 is 0. The van der Waals surface area contributed by atoms with Gasteiger partial charge in [-0.15, -0.1) is 0 Å². The summed E-state index contributed by atoms with van der Waals surface area (Å²) in [7, 11) is 0. The minimum absolute atomic E-state index is 0.416. The van der Waals surface area contributed by atoms with Crippen molar-refractivity contribution in [1.82, 2.24) is 0 Å². The topological polar surface area (TPSA) is 49.9 Å². The van der Waals surface area contributed by atoms with Crippen molar-refractivity contribution in [2.45, 2.75) is 26.7 Å². The lowest BCUT2D eigenvalue weighted by Gasteiger charge is -2.12. The molecule has 3 N–H and O–H groups in total. The molecule has 13 heavy (non-hydrogen) atoms. The standard InChI is InChI=1S/C11H16N2/c1-7(2)9-4-8(3)5-11(13)10(9)6-12/h4-7,12H,13H2,1-3H3. The van der Waals surface area contributed by atoms with Crippen molar-refractivity contribution >= 4 is 11.9 Å². The molecule has 2 nitrogen and oxygen atoms in total. The predicted molar refractivity (Wildman–Crippen MR) is 57.6 cm³/mol. The lowest BCUT2D eigenvalue weighted by atomic mass is 9.94. The predicted octanol–water partition coefficient (Wildman–Crippen LogP) is 2.70. The largest absolute Gasteiger partial charge is 0.398 e. The highest BCUT2D eigenvalue weighted by Gasteiger charge is 2.08. The SMILES string of the molecule is Cc1cc(N)c(C=N)c(C(C)C)c1. The first-order chi connectivity index (χ1) is 6.06. The van der Waals surface area contributed by atoms with Crippen molar-refractivity contribution in [2.24, 2.45) is 0 Å². The molecular weight excluding hydrogens is 160 g/mol. The summed E-state index contributed by atoms with van der Waals surface area (Å²) in [5.74, 6) is 0.416. The van der Waals surface area contributed by atoms with Crippen LogP contribution in [0.3, 0.4) is 0 Å². The zero-order valence-electron chi connectivity index (χ0n) is 8.39. The van der Waals surface area contributed by atoms with Gasteiger partial charge in [-0.05, 0) is 30.0 Å². The summed E-state index contributed by atoms with van der Waals surface area (Å²) >= 11 is 0. The lowest BCUT2D eigenvalue weighted by molar-refractivity contribution is 0.863. The summed E-state index contributed by atoms with van der Waals surface area (Å²) in [5.41, 5.74) is 9.71. The lowest BCUT2D eigenvalue weighted by Crippen LogP contribution is -2.01. The van der Waals surface area contributed by atoms with Gasteiger partial charge in [-0.25, -0.2) is 0 Å². The summed E-state index contributed by atoms with van der Waals surface area (Å²) in [5, 5.41) is 7.28. The third kappa shape index (κ3) is 1.89. The van der Waals surface area contributed by atoms with Crippen LogP contribution in [0.15, 0.2) is 12.1 Å². The molecule has 0 spiro atoms. The van der Waals surface area contributed by atoms with Crippen LogP contribution in [0.4, 0.5) is 5.69 Å². The smallest absolute Gasteiger partial charge is 0.0408 e. The van der Waals surface area contributed by atoms with Crippen LogP contribution in [-0.4, -0.2) is 6.21 Å². The van der Waals surface area contributed by atoms with E-state index in [1.54, 1.807) is 0 Å². The number of rotatable bonds is 2. The molecule has 0 fully saturated rings. The highest BCUT2D eigenvalue weighted by Crippen LogP contribution is 2.24. The average molecular weight is 176 g/mol. The number of nitrogens with one attached hydrogen (secondary N) is 1. The number of hydrogen-bond acceptors (Lipinski definition) is 2. The Balaban J connectivity index is 3.38. The maximum atomic E-state index is 7.28. The van der Waals surface area contributed by atoms with Crippen molar-refractivity contribution in [3.63, 3.8) is 0 Å². The molecule has 0 saturated heterocycles. The maximum absolute atomic E-state index is 7.28. The summed E-state index contributed by atoms with van der Waals surface area (Å²) in [6.07, 6.45) is 1.34. The molecule has 0 unspecified atom stereocenters. The molecule has 1 aromatic rings. The Hall–Kier alpha value is -1.31. The van der Waals surface area contributed by atoms with Crippen LogP contribution in [0, 0.1) is 12.3 Å². The normalized spacial score (nSPS) is 10.5. The fraction of sp³-hybridized carbons (Fsp3) is 0.364. The van der Waals surface area contributed by atoms with Crippen LogP contribution in [0.1, 0.15) is 36.5 Å². The molecule has 0 amide bonds. The van der Waals surface area contributed by atoms with Gasteiger partial charge in [0, 0.05) is 17.5 Å². The van der Waals surface area contributed by atoms with E-state index in [9.17, 15) is 0 Å². The minimum atomic E-state index is 0.416. The minimum Gasteiger partial charge on any atom is -0.398 e. The van der Waals surface area contributed by atoms with Crippen LogP contribution in [-0.2, 0) is 0 Å². The molecule has 0 aliphatic rings. The first kappa shape index (κ1) is 9.78. The third-order valence-corrected chi connectivity index (χ3v) is 2.15. The van der Waals surface area contributed by atoms with Crippen molar-refractivity contribution in [3.05, 3.63) is 28.8 Å². The van der Waals surface area contributed by atoms with E-state index < -0.39 is 0 Å². The number of benzene rings is 1. The number of anilines is 1. The van der Waals surface area contributed by atoms with E-state index in [0.29, 0.717) is 11.6 Å². The van der Waals surface area contributed by atoms with Gasteiger partial charge >= 0.3 is 0 Å². The molecule has 0 radical (unpaired) electrons. The summed E-state index contributed by atoms with van der Waals surface area (Å²) in [6.45, 7) is 6.25. The van der Waals surface area contributed by atoms with Gasteiger partial charge in [-0.2, -0.15) is 0 Å². The monoisotopic (exact) mass is 176 g/mol. The number of hydrogen-bond donors (Lipinski definition) is 2. The van der Waals surface area contributed by atoms with E-state index in [-0.39, 0.29) is 0 Å². The number of aryl methyl sites for hydroxylation is 1. The zero-order chi connectivity index (χ0) is 10.0. The first-order valence-electron chi connectivity index (χ1n) is 4.46. The zero-order valence-corrected chi connectivity index (χ0v) is 8.39. The molecule has 0 saturated carbocycles. The highest BCUT2D eigenvalue weighted by atomic mass is 14.6. The highest BCUT2D eigenvalue weighted by molar-refractivity contribution is 5.87. The quantitative estimate of drug-likeness (QED) is 0.528. The molecule has 0 aliphatic carbocycles. The summed E-state index contributed by atoms with van der Waals surface area (Å²) in [4.78, 5) is 0. The fourth-order valence-corrected chi connectivity index (χ4v) is 1.50. The van der Waals surface area contributed by atoms with Crippen molar-refractivity contribution < 1.29 is 0 Å². The van der Waals surface area contributed by atoms with Gasteiger partial charge in [0.2, 0.25) is 0 Å². The van der Waals surface area contributed by atoms with E-state index in [1.807, 2.05) is 13.0 Å². The molecule has 1 rings (SSSR count). The van der Waals surface area contributed by atoms with Gasteiger partial charge < -0.3 is 11.1 Å². The van der Waals surface area contributed by atoms with Gasteiger partial charge in [-0.1, -0.05) is 19.9 Å². The number of nitrogen functional groups attached to an aromatic ring is 1. The Labute approximate surface area is 79.3 Å². The third-order valence-electron chi connectivity index (χ3n) is 2.15. The molecular formula is C11H16N2. The Morgan fingerprint density at radius 2 is 2.00 bits per heavy atom. The van der Waals surface area contributed by atoms with Gasteiger partial charge in [0.1, 0.15) is 0 Å². The Kier molecular flexibility index (Phi) is 2.71. The van der Waals surface area contributed by atoms with Gasteiger partial charge in [0.05, 0.1) is 0 Å². The Bertz CT molecular complexity index is 327. The van der Waals surface area contributed by atoms with Crippen molar-refractivity contribution in [1.29, 1.82) is 5.41 Å². The van der Waals surface area contributed by atoms with E-state index in [4.69, 9.17) is 11.1 Å². The van der Waals surface area contributed by atoms with Crippen molar-refractivity contribution in [3.8, 4) is 0 Å². The second-order valence-corrected chi connectivity index (χ2v) is 3.66. The second kappa shape index (κ2) is 3.60. The molecule has 1 aromatic carbocycles. The average Bonchev–Trinajstić information content (AvgIpc) is 2.02. The van der Waals surface area contributed by atoms with Gasteiger partial charge in [0.25, 0.3) is 0 Å². The molecule has 0 heterocycles. The van der Waals surface area contributed by atoms with Gasteiger partial charge in [0.15, 0.2) is 0 Å². The van der Waals surface area contributed by atoms with E-state index in [2.05, 4.69) is 19.9 Å². The van der Waals surface area contributed by atoms with E-state index >= 15 is 0 Å². The second-order valence-electron chi connectivity index (χ2n) is 3.66. The van der Waals surface area contributed by atoms with Crippen molar-refractivity contribution in [2.75, 3.05) is 5.73 Å². The maximum Gasteiger partial charge on any atom is 0.0408 e. The Morgan fingerprint density at radius 3 is 2.46 bits per heavy atom. The van der Waals surface area contributed by atoms with Gasteiger partial charge in [-0.3, -0.25) is 0 Å². The summed E-state index contributed by atoms with van der Waals surface area (Å²) in [6, 6.07) is 4.01. The fourth-order valence-electron chi connectivity index (χ4n) is 1.50. The van der Waals surface area contributed by atoms with Crippen LogP contribution in [0.25, 0.3) is 0 Å². The number of nitrogens with two attached hydrogens (primary N) is 1. The molecule has 70 valence electrons. The van der Waals surface area contributed by atoms with Crippen LogP contribution in [0.5, 0.6) is 0 Å². The Morgan fingerprint density at radius 1 is 1.38 bits per heavy atom. The molecule has 0 bridgehead atoms.